The van der Waals surface area contributed by atoms with Crippen LogP contribution in [0, 0.1) is 5.92 Å². The normalized spacial score (nSPS) is 19.5. The molecule has 2 atom stereocenters. The number of hydrogen-bond acceptors (Lipinski definition) is 2. The van der Waals surface area contributed by atoms with Crippen LogP contribution in [0.25, 0.3) is 0 Å². The van der Waals surface area contributed by atoms with E-state index in [1.165, 1.54) is 6.07 Å². The van der Waals surface area contributed by atoms with Gasteiger partial charge in [0.1, 0.15) is 5.75 Å². The molecule has 6 heteroatoms. The largest absolute Gasteiger partial charge is 0.433 e. The minimum absolute atomic E-state index is 0.0308. The fourth-order valence-corrected chi connectivity index (χ4v) is 2.82. The third-order valence-corrected chi connectivity index (χ3v) is 4.32. The molecule has 3 rings (SSSR count). The number of halogens is 3. The van der Waals surface area contributed by atoms with Gasteiger partial charge in [-0.3, -0.25) is 4.79 Å². The average Bonchev–Trinajstić information content (AvgIpc) is 3.30. The molecule has 2 aromatic rings. The van der Waals surface area contributed by atoms with Gasteiger partial charge in [-0.25, -0.2) is 0 Å². The van der Waals surface area contributed by atoms with Gasteiger partial charge in [-0.2, -0.15) is 8.78 Å². The van der Waals surface area contributed by atoms with Crippen LogP contribution in [0.4, 0.5) is 14.5 Å². The number of anilines is 1. The molecule has 0 aromatic heterocycles. The Labute approximate surface area is 140 Å². The van der Waals surface area contributed by atoms with Crippen LogP contribution >= 0.6 is 15.9 Å². The number of carbonyl (C=O) groups excluding carboxylic acids is 1. The number of amides is 1. The van der Waals surface area contributed by atoms with E-state index in [4.69, 9.17) is 0 Å². The van der Waals surface area contributed by atoms with E-state index in [0.717, 1.165) is 16.5 Å². The molecule has 0 radical (unpaired) electrons. The molecule has 1 N–H and O–H groups in total. The van der Waals surface area contributed by atoms with Crippen molar-refractivity contribution in [2.45, 2.75) is 19.0 Å². The summed E-state index contributed by atoms with van der Waals surface area (Å²) >= 11 is 3.38. The van der Waals surface area contributed by atoms with Gasteiger partial charge in [0.2, 0.25) is 5.91 Å². The smallest absolute Gasteiger partial charge is 0.387 e. The van der Waals surface area contributed by atoms with Crippen LogP contribution in [0.2, 0.25) is 0 Å². The molecule has 2 aromatic carbocycles. The van der Waals surface area contributed by atoms with E-state index in [1.807, 2.05) is 24.3 Å². The van der Waals surface area contributed by atoms with Crippen molar-refractivity contribution in [3.05, 3.63) is 58.6 Å². The lowest BCUT2D eigenvalue weighted by molar-refractivity contribution is -0.117. The van der Waals surface area contributed by atoms with E-state index in [9.17, 15) is 13.6 Å². The molecule has 0 aliphatic heterocycles. The number of nitrogens with one attached hydrogen (secondary N) is 1. The maximum absolute atomic E-state index is 12.4. The van der Waals surface area contributed by atoms with Crippen LogP contribution in [0.5, 0.6) is 5.75 Å². The second-order valence-corrected chi connectivity index (χ2v) is 6.28. The van der Waals surface area contributed by atoms with Crippen molar-refractivity contribution in [2.24, 2.45) is 5.92 Å². The molecule has 1 saturated carbocycles. The Kier molecular flexibility index (Phi) is 4.61. The highest BCUT2D eigenvalue weighted by Crippen LogP contribution is 2.48. The SMILES string of the molecule is O=C(Nc1ccccc1OC(F)F)C1CC1c1ccc(Br)cc1. The molecule has 0 heterocycles. The lowest BCUT2D eigenvalue weighted by atomic mass is 10.1. The lowest BCUT2D eigenvalue weighted by Crippen LogP contribution is -2.16. The predicted octanol–water partition coefficient (Wildman–Crippen LogP) is 4.79. The van der Waals surface area contributed by atoms with Crippen molar-refractivity contribution in [1.82, 2.24) is 0 Å². The van der Waals surface area contributed by atoms with Gasteiger partial charge in [-0.1, -0.05) is 40.2 Å². The zero-order chi connectivity index (χ0) is 16.4. The summed E-state index contributed by atoms with van der Waals surface area (Å²) in [6, 6.07) is 14.0. The Morgan fingerprint density at radius 3 is 2.57 bits per heavy atom. The van der Waals surface area contributed by atoms with Crippen molar-refractivity contribution in [1.29, 1.82) is 0 Å². The predicted molar refractivity (Wildman–Crippen MR) is 86.7 cm³/mol. The molecule has 2 unspecified atom stereocenters. The summed E-state index contributed by atoms with van der Waals surface area (Å²) in [5, 5.41) is 2.68. The molecule has 0 saturated heterocycles. The number of hydrogen-bond donors (Lipinski definition) is 1. The number of ether oxygens (including phenoxy) is 1. The van der Waals surface area contributed by atoms with Crippen molar-refractivity contribution >= 4 is 27.5 Å². The highest BCUT2D eigenvalue weighted by molar-refractivity contribution is 9.10. The topological polar surface area (TPSA) is 38.3 Å². The van der Waals surface area contributed by atoms with Crippen molar-refractivity contribution in [2.75, 3.05) is 5.32 Å². The van der Waals surface area contributed by atoms with Crippen LogP contribution in [-0.4, -0.2) is 12.5 Å². The molecule has 1 aliphatic rings. The Morgan fingerprint density at radius 2 is 1.87 bits per heavy atom. The quantitative estimate of drug-likeness (QED) is 0.808. The van der Waals surface area contributed by atoms with Crippen molar-refractivity contribution in [3.63, 3.8) is 0 Å². The first-order valence-electron chi connectivity index (χ1n) is 7.15. The maximum Gasteiger partial charge on any atom is 0.387 e. The summed E-state index contributed by atoms with van der Waals surface area (Å²) in [6.07, 6.45) is 0.755. The second kappa shape index (κ2) is 6.66. The Balaban J connectivity index is 1.66. The first kappa shape index (κ1) is 15.9. The molecule has 0 spiro atoms. The monoisotopic (exact) mass is 381 g/mol. The molecular formula is C17H14BrF2NO2. The number of benzene rings is 2. The van der Waals surface area contributed by atoms with E-state index < -0.39 is 6.61 Å². The number of carbonyl (C=O) groups is 1. The molecule has 1 aliphatic carbocycles. The van der Waals surface area contributed by atoms with Gasteiger partial charge in [0.25, 0.3) is 0 Å². The fourth-order valence-electron chi connectivity index (χ4n) is 2.56. The fraction of sp³-hybridized carbons (Fsp3) is 0.235. The van der Waals surface area contributed by atoms with E-state index in [-0.39, 0.29) is 29.2 Å². The molecule has 1 fully saturated rings. The van der Waals surface area contributed by atoms with Crippen LogP contribution in [0.3, 0.4) is 0 Å². The number of rotatable bonds is 5. The third-order valence-electron chi connectivity index (χ3n) is 3.79. The first-order valence-corrected chi connectivity index (χ1v) is 7.94. The van der Waals surface area contributed by atoms with E-state index >= 15 is 0 Å². The van der Waals surface area contributed by atoms with E-state index in [0.29, 0.717) is 0 Å². The highest BCUT2D eigenvalue weighted by atomic mass is 79.9. The van der Waals surface area contributed by atoms with Gasteiger partial charge < -0.3 is 10.1 Å². The third kappa shape index (κ3) is 3.88. The Hall–Kier alpha value is -1.95. The second-order valence-electron chi connectivity index (χ2n) is 5.36. The summed E-state index contributed by atoms with van der Waals surface area (Å²) in [7, 11) is 0. The number of para-hydroxylation sites is 2. The van der Waals surface area contributed by atoms with Gasteiger partial charge in [0.05, 0.1) is 5.69 Å². The van der Waals surface area contributed by atoms with Crippen LogP contribution in [0.1, 0.15) is 17.9 Å². The molecule has 23 heavy (non-hydrogen) atoms. The van der Waals surface area contributed by atoms with Gasteiger partial charge in [-0.05, 0) is 42.2 Å². The summed E-state index contributed by atoms with van der Waals surface area (Å²) in [5.41, 5.74) is 1.37. The first-order chi connectivity index (χ1) is 11.0. The van der Waals surface area contributed by atoms with Gasteiger partial charge in [0, 0.05) is 10.4 Å². The molecule has 1 amide bonds. The van der Waals surface area contributed by atoms with Crippen molar-refractivity contribution < 1.29 is 18.3 Å². The summed E-state index contributed by atoms with van der Waals surface area (Å²) < 4.78 is 30.2. The van der Waals surface area contributed by atoms with Crippen LogP contribution < -0.4 is 10.1 Å². The van der Waals surface area contributed by atoms with E-state index in [2.05, 4.69) is 26.0 Å². The minimum atomic E-state index is -2.93. The highest BCUT2D eigenvalue weighted by Gasteiger charge is 2.44. The van der Waals surface area contributed by atoms with Gasteiger partial charge in [-0.15, -0.1) is 0 Å². The van der Waals surface area contributed by atoms with E-state index in [1.54, 1.807) is 18.2 Å². The average molecular weight is 382 g/mol. The molecular weight excluding hydrogens is 368 g/mol. The maximum atomic E-state index is 12.4. The zero-order valence-electron chi connectivity index (χ0n) is 12.0. The summed E-state index contributed by atoms with van der Waals surface area (Å²) in [5.74, 6) is -0.179. The summed E-state index contributed by atoms with van der Waals surface area (Å²) in [6.45, 7) is -2.93. The molecule has 120 valence electrons. The molecule has 3 nitrogen and oxygen atoms in total. The molecule has 0 bridgehead atoms. The number of alkyl halides is 2. The Bertz CT molecular complexity index is 706. The lowest BCUT2D eigenvalue weighted by Gasteiger charge is -2.11. The zero-order valence-corrected chi connectivity index (χ0v) is 13.6. The summed E-state index contributed by atoms with van der Waals surface area (Å²) in [4.78, 5) is 12.3. The van der Waals surface area contributed by atoms with Crippen LogP contribution in [-0.2, 0) is 4.79 Å². The van der Waals surface area contributed by atoms with Crippen molar-refractivity contribution in [3.8, 4) is 5.75 Å². The van der Waals surface area contributed by atoms with Gasteiger partial charge >= 0.3 is 6.61 Å². The van der Waals surface area contributed by atoms with Gasteiger partial charge in [0.15, 0.2) is 0 Å². The Morgan fingerprint density at radius 1 is 1.17 bits per heavy atom. The minimum Gasteiger partial charge on any atom is -0.433 e. The van der Waals surface area contributed by atoms with Crippen LogP contribution in [0.15, 0.2) is 53.0 Å². The standard InChI is InChI=1S/C17H14BrF2NO2/c18-11-7-5-10(6-8-11)12-9-13(12)16(22)21-14-3-1-2-4-15(14)23-17(19)20/h1-8,12-13,17H,9H2,(H,21,22).